The number of fused-ring (bicyclic) bond motifs is 1. The van der Waals surface area contributed by atoms with E-state index in [1.165, 1.54) is 5.56 Å². The summed E-state index contributed by atoms with van der Waals surface area (Å²) < 4.78 is 27.5. The predicted octanol–water partition coefficient (Wildman–Crippen LogP) is 2.61. The summed E-state index contributed by atoms with van der Waals surface area (Å²) in [6.07, 6.45) is 4.03. The van der Waals surface area contributed by atoms with E-state index in [2.05, 4.69) is 15.4 Å². The molecule has 1 aliphatic rings. The third-order valence-corrected chi connectivity index (χ3v) is 7.06. The third-order valence-electron chi connectivity index (χ3n) is 5.60. The number of benzene rings is 2. The van der Waals surface area contributed by atoms with E-state index in [-0.39, 0.29) is 30.3 Å². The summed E-state index contributed by atoms with van der Waals surface area (Å²) in [4.78, 5) is 24.3. The molecule has 2 amide bonds. The van der Waals surface area contributed by atoms with Crippen molar-refractivity contribution in [3.05, 3.63) is 58.7 Å². The largest absolute Gasteiger partial charge is 0.347 e. The number of rotatable bonds is 8. The van der Waals surface area contributed by atoms with Crippen LogP contribution in [0, 0.1) is 13.8 Å². The number of carbonyl (C=O) groups is 2. The van der Waals surface area contributed by atoms with Gasteiger partial charge in [0.15, 0.2) is 0 Å². The molecule has 3 rings (SSSR count). The molecule has 0 bridgehead atoms. The van der Waals surface area contributed by atoms with Gasteiger partial charge in [-0.15, -0.1) is 0 Å². The van der Waals surface area contributed by atoms with Crippen molar-refractivity contribution in [2.24, 2.45) is 0 Å². The average Bonchev–Trinajstić information content (AvgIpc) is 2.75. The first-order valence-corrected chi connectivity index (χ1v) is 12.0. The molecule has 8 heteroatoms. The van der Waals surface area contributed by atoms with Gasteiger partial charge < -0.3 is 10.6 Å². The fourth-order valence-electron chi connectivity index (χ4n) is 3.61. The molecule has 0 radical (unpaired) electrons. The Labute approximate surface area is 183 Å². The zero-order valence-corrected chi connectivity index (χ0v) is 18.8. The van der Waals surface area contributed by atoms with Gasteiger partial charge in [0.2, 0.25) is 21.8 Å². The predicted molar refractivity (Wildman–Crippen MR) is 120 cm³/mol. The van der Waals surface area contributed by atoms with Gasteiger partial charge in [0.1, 0.15) is 0 Å². The number of hydrogen-bond donors (Lipinski definition) is 3. The van der Waals surface area contributed by atoms with Crippen LogP contribution in [0.1, 0.15) is 41.5 Å². The summed E-state index contributed by atoms with van der Waals surface area (Å²) in [5, 5.41) is 5.29. The van der Waals surface area contributed by atoms with Gasteiger partial charge in [-0.05, 0) is 80.0 Å². The molecule has 0 saturated heterocycles. The lowest BCUT2D eigenvalue weighted by Gasteiger charge is -2.16. The number of amides is 2. The van der Waals surface area contributed by atoms with Crippen LogP contribution in [-0.4, -0.2) is 33.3 Å². The summed E-state index contributed by atoms with van der Waals surface area (Å²) >= 11 is 0. The minimum absolute atomic E-state index is 0.0378. The Kier molecular flexibility index (Phi) is 7.46. The van der Waals surface area contributed by atoms with E-state index in [9.17, 15) is 18.0 Å². The number of carbonyl (C=O) groups excluding carboxylic acids is 2. The van der Waals surface area contributed by atoms with Crippen LogP contribution in [-0.2, 0) is 32.5 Å². The first kappa shape index (κ1) is 23.0. The van der Waals surface area contributed by atoms with Gasteiger partial charge in [-0.2, -0.15) is 0 Å². The molecule has 31 heavy (non-hydrogen) atoms. The minimum Gasteiger partial charge on any atom is -0.347 e. The second-order valence-corrected chi connectivity index (χ2v) is 9.62. The van der Waals surface area contributed by atoms with Crippen LogP contribution in [0.2, 0.25) is 0 Å². The van der Waals surface area contributed by atoms with Gasteiger partial charge >= 0.3 is 0 Å². The van der Waals surface area contributed by atoms with Gasteiger partial charge in [-0.3, -0.25) is 9.59 Å². The zero-order valence-electron chi connectivity index (χ0n) is 18.0. The van der Waals surface area contributed by atoms with Crippen molar-refractivity contribution >= 4 is 27.5 Å². The van der Waals surface area contributed by atoms with Gasteiger partial charge in [0, 0.05) is 18.7 Å². The Hall–Kier alpha value is -2.71. The Bertz CT molecular complexity index is 1080. The molecule has 3 N–H and O–H groups in total. The fraction of sp³-hybridized carbons (Fsp3) is 0.391. The first-order valence-electron chi connectivity index (χ1n) is 10.5. The molecule has 166 valence electrons. The van der Waals surface area contributed by atoms with E-state index in [1.54, 1.807) is 18.2 Å². The molecule has 0 fully saturated rings. The highest BCUT2D eigenvalue weighted by Crippen LogP contribution is 2.24. The lowest BCUT2D eigenvalue weighted by Crippen LogP contribution is -2.35. The molecular formula is C23H29N3O4S. The van der Waals surface area contributed by atoms with Crippen LogP contribution in [0.5, 0.6) is 0 Å². The minimum atomic E-state index is -3.68. The molecule has 0 atom stereocenters. The van der Waals surface area contributed by atoms with Gasteiger partial charge in [0.05, 0.1) is 11.4 Å². The molecule has 7 nitrogen and oxygen atoms in total. The van der Waals surface area contributed by atoms with Crippen molar-refractivity contribution in [3.63, 3.8) is 0 Å². The molecule has 2 aromatic carbocycles. The van der Waals surface area contributed by atoms with E-state index in [0.29, 0.717) is 5.69 Å². The van der Waals surface area contributed by atoms with Crippen LogP contribution in [0.4, 0.5) is 5.69 Å². The third kappa shape index (κ3) is 6.15. The Morgan fingerprint density at radius 2 is 1.71 bits per heavy atom. The van der Waals surface area contributed by atoms with Crippen molar-refractivity contribution < 1.29 is 18.0 Å². The van der Waals surface area contributed by atoms with Gasteiger partial charge in [-0.25, -0.2) is 13.1 Å². The highest BCUT2D eigenvalue weighted by atomic mass is 32.2. The summed E-state index contributed by atoms with van der Waals surface area (Å²) in [7, 11) is -3.68. The molecule has 0 aromatic heterocycles. The van der Waals surface area contributed by atoms with Gasteiger partial charge in [-0.1, -0.05) is 18.2 Å². The van der Waals surface area contributed by atoms with E-state index in [1.807, 2.05) is 32.0 Å². The Morgan fingerprint density at radius 3 is 2.48 bits per heavy atom. The normalized spacial score (nSPS) is 13.4. The number of anilines is 1. The maximum atomic E-state index is 12.5. The smallest absolute Gasteiger partial charge is 0.243 e. The van der Waals surface area contributed by atoms with Crippen molar-refractivity contribution in [1.29, 1.82) is 0 Å². The number of sulfonamides is 1. The topological polar surface area (TPSA) is 104 Å². The summed E-state index contributed by atoms with van der Waals surface area (Å²) in [5.74, 6) is -0.735. The maximum absolute atomic E-state index is 12.5. The number of hydrogen-bond acceptors (Lipinski definition) is 4. The van der Waals surface area contributed by atoms with E-state index < -0.39 is 15.9 Å². The van der Waals surface area contributed by atoms with Crippen molar-refractivity contribution in [3.8, 4) is 0 Å². The standard InChI is InChI=1S/C23H29N3O4S/c1-16-6-5-9-21(17(16)2)26-23(28)15-24-22(27)12-13-25-31(29,30)20-11-10-18-7-3-4-8-19(18)14-20/h5-6,9-11,14,25H,3-4,7-8,12-13,15H2,1-2H3,(H,24,27)(H,26,28). The van der Waals surface area contributed by atoms with E-state index >= 15 is 0 Å². The van der Waals surface area contributed by atoms with Crippen molar-refractivity contribution in [2.45, 2.75) is 50.8 Å². The Morgan fingerprint density at radius 1 is 0.968 bits per heavy atom. The zero-order chi connectivity index (χ0) is 22.4. The molecule has 0 spiro atoms. The van der Waals surface area contributed by atoms with Gasteiger partial charge in [0.25, 0.3) is 0 Å². The van der Waals surface area contributed by atoms with E-state index in [0.717, 1.165) is 42.4 Å². The first-order chi connectivity index (χ1) is 14.8. The van der Waals surface area contributed by atoms with E-state index in [4.69, 9.17) is 0 Å². The SMILES string of the molecule is Cc1cccc(NC(=O)CNC(=O)CCNS(=O)(=O)c2ccc3c(c2)CCCC3)c1C. The number of aryl methyl sites for hydroxylation is 3. The van der Waals surface area contributed by atoms with Crippen LogP contribution < -0.4 is 15.4 Å². The fourth-order valence-corrected chi connectivity index (χ4v) is 4.69. The summed E-state index contributed by atoms with van der Waals surface area (Å²) in [5.41, 5.74) is 5.04. The summed E-state index contributed by atoms with van der Waals surface area (Å²) in [6, 6.07) is 10.8. The average molecular weight is 444 g/mol. The van der Waals surface area contributed by atoms with Crippen LogP contribution in [0.15, 0.2) is 41.3 Å². The molecular weight excluding hydrogens is 414 g/mol. The lowest BCUT2D eigenvalue weighted by atomic mass is 9.92. The molecule has 0 heterocycles. The quantitative estimate of drug-likeness (QED) is 0.583. The van der Waals surface area contributed by atoms with Crippen molar-refractivity contribution in [1.82, 2.24) is 10.0 Å². The molecule has 0 aliphatic heterocycles. The number of nitrogens with one attached hydrogen (secondary N) is 3. The molecule has 1 aliphatic carbocycles. The highest BCUT2D eigenvalue weighted by molar-refractivity contribution is 7.89. The monoisotopic (exact) mass is 443 g/mol. The molecule has 0 saturated carbocycles. The summed E-state index contributed by atoms with van der Waals surface area (Å²) in [6.45, 7) is 3.66. The highest BCUT2D eigenvalue weighted by Gasteiger charge is 2.18. The van der Waals surface area contributed by atoms with Crippen molar-refractivity contribution in [2.75, 3.05) is 18.4 Å². The molecule has 0 unspecified atom stereocenters. The molecule has 2 aromatic rings. The van der Waals surface area contributed by atoms with Crippen LogP contribution >= 0.6 is 0 Å². The van der Waals surface area contributed by atoms with Crippen LogP contribution in [0.25, 0.3) is 0 Å². The maximum Gasteiger partial charge on any atom is 0.243 e. The Balaban J connectivity index is 1.44. The second-order valence-electron chi connectivity index (χ2n) is 7.86. The van der Waals surface area contributed by atoms with Crippen LogP contribution in [0.3, 0.4) is 0 Å². The second kappa shape index (κ2) is 10.1. The lowest BCUT2D eigenvalue weighted by molar-refractivity contribution is -0.124.